The van der Waals surface area contributed by atoms with E-state index in [-0.39, 0.29) is 24.5 Å². The van der Waals surface area contributed by atoms with Crippen molar-refractivity contribution in [2.24, 2.45) is 17.6 Å². The fourth-order valence-corrected chi connectivity index (χ4v) is 1.78. The molecule has 6 nitrogen and oxygen atoms in total. The molecule has 98 valence electrons. The van der Waals surface area contributed by atoms with Crippen LogP contribution in [0.5, 0.6) is 0 Å². The molecule has 0 spiro atoms. The third-order valence-electron chi connectivity index (χ3n) is 3.24. The van der Waals surface area contributed by atoms with Gasteiger partial charge in [-0.15, -0.1) is 0 Å². The molecule has 1 rings (SSSR count). The average Bonchev–Trinajstić information content (AvgIpc) is 2.70. The van der Waals surface area contributed by atoms with Gasteiger partial charge in [0.2, 0.25) is 5.91 Å². The Kier molecular flexibility index (Phi) is 4.89. The largest absolute Gasteiger partial charge is 0.480 e. The van der Waals surface area contributed by atoms with Crippen molar-refractivity contribution < 1.29 is 19.4 Å². The second kappa shape index (κ2) is 5.97. The lowest BCUT2D eigenvalue weighted by Gasteiger charge is -2.22. The lowest BCUT2D eigenvalue weighted by molar-refractivity contribution is -0.144. The second-order valence-electron chi connectivity index (χ2n) is 4.52. The van der Waals surface area contributed by atoms with E-state index in [2.05, 4.69) is 5.32 Å². The van der Waals surface area contributed by atoms with Crippen molar-refractivity contribution in [3.63, 3.8) is 0 Å². The normalized spacial score (nSPS) is 27.5. The zero-order valence-corrected chi connectivity index (χ0v) is 10.2. The maximum Gasteiger partial charge on any atom is 0.326 e. The summed E-state index contributed by atoms with van der Waals surface area (Å²) >= 11 is 0. The number of nitrogens with one attached hydrogen (secondary N) is 1. The Morgan fingerprint density at radius 1 is 1.53 bits per heavy atom. The van der Waals surface area contributed by atoms with Crippen molar-refractivity contribution >= 4 is 11.9 Å². The molecule has 1 heterocycles. The summed E-state index contributed by atoms with van der Waals surface area (Å²) in [5.74, 6) is -1.90. The highest BCUT2D eigenvalue weighted by Crippen LogP contribution is 2.14. The van der Waals surface area contributed by atoms with Gasteiger partial charge in [-0.25, -0.2) is 4.79 Å². The molecular formula is C11H20N2O4. The van der Waals surface area contributed by atoms with Gasteiger partial charge in [-0.3, -0.25) is 4.79 Å². The summed E-state index contributed by atoms with van der Waals surface area (Å²) in [6.07, 6.45) is 0.685. The predicted molar refractivity (Wildman–Crippen MR) is 61.3 cm³/mol. The predicted octanol–water partition coefficient (Wildman–Crippen LogP) is -0.424. The van der Waals surface area contributed by atoms with Crippen molar-refractivity contribution in [1.82, 2.24) is 5.32 Å². The molecule has 0 aliphatic carbocycles. The minimum absolute atomic E-state index is 0.116. The summed E-state index contributed by atoms with van der Waals surface area (Å²) < 4.78 is 5.09. The van der Waals surface area contributed by atoms with Crippen LogP contribution in [0.4, 0.5) is 0 Å². The van der Waals surface area contributed by atoms with E-state index < -0.39 is 17.9 Å². The number of aliphatic carboxylic acids is 1. The van der Waals surface area contributed by atoms with Crippen molar-refractivity contribution in [3.8, 4) is 0 Å². The minimum atomic E-state index is -1.01. The first kappa shape index (κ1) is 13.9. The highest BCUT2D eigenvalue weighted by molar-refractivity contribution is 5.85. The third-order valence-corrected chi connectivity index (χ3v) is 3.24. The molecule has 2 unspecified atom stereocenters. The van der Waals surface area contributed by atoms with Crippen LogP contribution in [0.15, 0.2) is 0 Å². The van der Waals surface area contributed by atoms with Gasteiger partial charge in [-0.1, -0.05) is 20.3 Å². The molecule has 17 heavy (non-hydrogen) atoms. The molecule has 4 N–H and O–H groups in total. The summed E-state index contributed by atoms with van der Waals surface area (Å²) in [4.78, 5) is 22.9. The quantitative estimate of drug-likeness (QED) is 0.609. The third kappa shape index (κ3) is 3.41. The monoisotopic (exact) mass is 244 g/mol. The van der Waals surface area contributed by atoms with Crippen LogP contribution >= 0.6 is 0 Å². The van der Waals surface area contributed by atoms with Crippen LogP contribution in [0.1, 0.15) is 20.3 Å². The molecule has 0 radical (unpaired) electrons. The van der Waals surface area contributed by atoms with Crippen LogP contribution in [-0.4, -0.2) is 42.3 Å². The van der Waals surface area contributed by atoms with Crippen LogP contribution in [0.3, 0.4) is 0 Å². The number of ether oxygens (including phenoxy) is 1. The maximum atomic E-state index is 11.9. The lowest BCUT2D eigenvalue weighted by atomic mass is 9.97. The fourth-order valence-electron chi connectivity index (χ4n) is 1.78. The molecule has 0 aromatic carbocycles. The first-order valence-electron chi connectivity index (χ1n) is 5.83. The SMILES string of the molecule is CC[C@H](C)[C@H](NC(=O)C1COCC1N)C(=O)O. The second-order valence-corrected chi connectivity index (χ2v) is 4.52. The van der Waals surface area contributed by atoms with Crippen LogP contribution in [0.25, 0.3) is 0 Å². The van der Waals surface area contributed by atoms with E-state index in [1.165, 1.54) is 0 Å². The average molecular weight is 244 g/mol. The molecule has 4 atom stereocenters. The number of amides is 1. The standard InChI is InChI=1S/C11H20N2O4/c1-3-6(2)9(11(15)16)13-10(14)7-4-17-5-8(7)12/h6-9H,3-5,12H2,1-2H3,(H,13,14)(H,15,16)/t6-,7?,8?,9-/m0/s1. The highest BCUT2D eigenvalue weighted by atomic mass is 16.5. The van der Waals surface area contributed by atoms with E-state index in [4.69, 9.17) is 15.6 Å². The number of nitrogens with two attached hydrogens (primary N) is 1. The summed E-state index contributed by atoms with van der Waals surface area (Å²) in [6, 6.07) is -1.21. The molecule has 1 aliphatic rings. The Morgan fingerprint density at radius 3 is 2.59 bits per heavy atom. The van der Waals surface area contributed by atoms with Gasteiger partial charge in [0.25, 0.3) is 0 Å². The number of hydrogen-bond donors (Lipinski definition) is 3. The van der Waals surface area contributed by atoms with E-state index in [9.17, 15) is 9.59 Å². The molecule has 0 bridgehead atoms. The molecule has 1 saturated heterocycles. The van der Waals surface area contributed by atoms with Crippen molar-refractivity contribution in [1.29, 1.82) is 0 Å². The van der Waals surface area contributed by atoms with Gasteiger partial charge in [-0.05, 0) is 5.92 Å². The smallest absolute Gasteiger partial charge is 0.326 e. The number of hydrogen-bond acceptors (Lipinski definition) is 4. The molecule has 0 aromatic heterocycles. The molecule has 6 heteroatoms. The van der Waals surface area contributed by atoms with E-state index in [0.717, 1.165) is 0 Å². The maximum absolute atomic E-state index is 11.9. The number of carbonyl (C=O) groups is 2. The van der Waals surface area contributed by atoms with Crippen LogP contribution in [-0.2, 0) is 14.3 Å². The number of rotatable bonds is 5. The summed E-state index contributed by atoms with van der Waals surface area (Å²) in [6.45, 7) is 4.29. The minimum Gasteiger partial charge on any atom is -0.480 e. The van der Waals surface area contributed by atoms with E-state index in [1.807, 2.05) is 6.92 Å². The van der Waals surface area contributed by atoms with E-state index >= 15 is 0 Å². The zero-order valence-electron chi connectivity index (χ0n) is 10.2. The molecular weight excluding hydrogens is 224 g/mol. The Bertz CT molecular complexity index is 295. The Morgan fingerprint density at radius 2 is 2.18 bits per heavy atom. The van der Waals surface area contributed by atoms with Gasteiger partial charge >= 0.3 is 5.97 Å². The topological polar surface area (TPSA) is 102 Å². The van der Waals surface area contributed by atoms with Gasteiger partial charge in [0.15, 0.2) is 0 Å². The molecule has 1 fully saturated rings. The van der Waals surface area contributed by atoms with Crippen LogP contribution < -0.4 is 11.1 Å². The molecule has 0 saturated carbocycles. The van der Waals surface area contributed by atoms with Gasteiger partial charge in [0.1, 0.15) is 6.04 Å². The molecule has 0 aromatic rings. The first-order valence-corrected chi connectivity index (χ1v) is 5.83. The Hall–Kier alpha value is -1.14. The van der Waals surface area contributed by atoms with Gasteiger partial charge in [0, 0.05) is 6.04 Å². The van der Waals surface area contributed by atoms with E-state index in [1.54, 1.807) is 6.92 Å². The Labute approximate surface area is 101 Å². The number of carbonyl (C=O) groups excluding carboxylic acids is 1. The van der Waals surface area contributed by atoms with Crippen molar-refractivity contribution in [2.45, 2.75) is 32.4 Å². The molecule has 1 aliphatic heterocycles. The molecule has 1 amide bonds. The van der Waals surface area contributed by atoms with Crippen molar-refractivity contribution in [2.75, 3.05) is 13.2 Å². The fraction of sp³-hybridized carbons (Fsp3) is 0.818. The van der Waals surface area contributed by atoms with Crippen LogP contribution in [0.2, 0.25) is 0 Å². The summed E-state index contributed by atoms with van der Waals surface area (Å²) in [5, 5.41) is 11.6. The van der Waals surface area contributed by atoms with Gasteiger partial charge in [-0.2, -0.15) is 0 Å². The van der Waals surface area contributed by atoms with Crippen molar-refractivity contribution in [3.05, 3.63) is 0 Å². The number of carboxylic acids is 1. The van der Waals surface area contributed by atoms with Gasteiger partial charge < -0.3 is 20.9 Å². The van der Waals surface area contributed by atoms with E-state index in [0.29, 0.717) is 13.0 Å². The Balaban J connectivity index is 2.61. The number of carboxylic acid groups (broad SMARTS) is 1. The van der Waals surface area contributed by atoms with Gasteiger partial charge in [0.05, 0.1) is 19.1 Å². The summed E-state index contributed by atoms with van der Waals surface area (Å²) in [5.41, 5.74) is 5.71. The zero-order chi connectivity index (χ0) is 13.0. The van der Waals surface area contributed by atoms with Crippen LogP contribution in [0, 0.1) is 11.8 Å². The first-order chi connectivity index (χ1) is 7.97. The highest BCUT2D eigenvalue weighted by Gasteiger charge is 2.34. The lowest BCUT2D eigenvalue weighted by Crippen LogP contribution is -2.50. The summed E-state index contributed by atoms with van der Waals surface area (Å²) in [7, 11) is 0.